The van der Waals surface area contributed by atoms with E-state index in [9.17, 15) is 5.11 Å². The maximum absolute atomic E-state index is 10.1. The molecule has 2 heteroatoms. The van der Waals surface area contributed by atoms with Crippen LogP contribution in [0.5, 0.6) is 0 Å². The molecule has 0 aromatic rings. The van der Waals surface area contributed by atoms with E-state index in [-0.39, 0.29) is 12.2 Å². The lowest BCUT2D eigenvalue weighted by atomic mass is 10.00. The summed E-state index contributed by atoms with van der Waals surface area (Å²) in [5.41, 5.74) is 0. The Hall–Kier alpha value is -0.0800. The van der Waals surface area contributed by atoms with Crippen LogP contribution in [0.1, 0.15) is 90.9 Å². The third-order valence-electron chi connectivity index (χ3n) is 3.93. The van der Waals surface area contributed by atoms with Crippen molar-refractivity contribution >= 4 is 0 Å². The minimum atomic E-state index is -0.266. The third-order valence-corrected chi connectivity index (χ3v) is 3.93. The molecule has 2 nitrogen and oxygen atoms in total. The average molecular weight is 272 g/mol. The van der Waals surface area contributed by atoms with Gasteiger partial charge in [-0.05, 0) is 12.8 Å². The average Bonchev–Trinajstić information content (AvgIpc) is 2.42. The molecule has 0 radical (unpaired) electrons. The van der Waals surface area contributed by atoms with Gasteiger partial charge in [-0.2, -0.15) is 0 Å². The second-order valence-electron chi connectivity index (χ2n) is 5.75. The number of hydrogen-bond donors (Lipinski definition) is 1. The summed E-state index contributed by atoms with van der Waals surface area (Å²) in [5, 5.41) is 10.1. The SMILES string of the molecule is CCCCCCCC(O)C(CCCCCCC)OC. The van der Waals surface area contributed by atoms with Crippen LogP contribution in [0.2, 0.25) is 0 Å². The van der Waals surface area contributed by atoms with Crippen LogP contribution in [0.15, 0.2) is 0 Å². The molecule has 0 bridgehead atoms. The first-order valence-corrected chi connectivity index (χ1v) is 8.47. The van der Waals surface area contributed by atoms with Crippen LogP contribution in [0, 0.1) is 0 Å². The predicted molar refractivity (Wildman–Crippen MR) is 83.6 cm³/mol. The lowest BCUT2D eigenvalue weighted by molar-refractivity contribution is -0.0221. The fraction of sp³-hybridized carbons (Fsp3) is 1.00. The molecule has 0 saturated carbocycles. The minimum Gasteiger partial charge on any atom is -0.390 e. The van der Waals surface area contributed by atoms with E-state index in [4.69, 9.17) is 4.74 Å². The Morgan fingerprint density at radius 2 is 1.21 bits per heavy atom. The largest absolute Gasteiger partial charge is 0.390 e. The quantitative estimate of drug-likeness (QED) is 0.447. The van der Waals surface area contributed by atoms with Crippen LogP contribution in [0.4, 0.5) is 0 Å². The van der Waals surface area contributed by atoms with Crippen molar-refractivity contribution < 1.29 is 9.84 Å². The van der Waals surface area contributed by atoms with Crippen molar-refractivity contribution in [3.8, 4) is 0 Å². The molecular formula is C17H36O2. The van der Waals surface area contributed by atoms with Gasteiger partial charge in [-0.25, -0.2) is 0 Å². The van der Waals surface area contributed by atoms with Gasteiger partial charge >= 0.3 is 0 Å². The highest BCUT2D eigenvalue weighted by Gasteiger charge is 2.17. The van der Waals surface area contributed by atoms with E-state index in [0.717, 1.165) is 19.3 Å². The summed E-state index contributed by atoms with van der Waals surface area (Å²) in [6.07, 6.45) is 14.4. The highest BCUT2D eigenvalue weighted by molar-refractivity contribution is 4.69. The molecule has 1 N–H and O–H groups in total. The number of hydrogen-bond acceptors (Lipinski definition) is 2. The lowest BCUT2D eigenvalue weighted by Gasteiger charge is -2.21. The molecule has 0 aliphatic rings. The molecule has 0 spiro atoms. The first-order valence-electron chi connectivity index (χ1n) is 8.47. The van der Waals surface area contributed by atoms with Crippen molar-refractivity contribution in [2.45, 2.75) is 103 Å². The summed E-state index contributed by atoms with van der Waals surface area (Å²) in [6.45, 7) is 4.47. The summed E-state index contributed by atoms with van der Waals surface area (Å²) in [7, 11) is 1.73. The lowest BCUT2D eigenvalue weighted by Crippen LogP contribution is -2.27. The van der Waals surface area contributed by atoms with Crippen molar-refractivity contribution in [3.63, 3.8) is 0 Å². The van der Waals surface area contributed by atoms with Crippen molar-refractivity contribution in [1.29, 1.82) is 0 Å². The van der Waals surface area contributed by atoms with Gasteiger partial charge in [-0.3, -0.25) is 0 Å². The molecule has 0 rings (SSSR count). The zero-order chi connectivity index (χ0) is 14.3. The topological polar surface area (TPSA) is 29.5 Å². The Balaban J connectivity index is 3.57. The molecule has 19 heavy (non-hydrogen) atoms. The minimum absolute atomic E-state index is 0.0489. The molecule has 0 heterocycles. The number of aliphatic hydroxyl groups is 1. The molecule has 0 saturated heterocycles. The van der Waals surface area contributed by atoms with Crippen LogP contribution in [-0.4, -0.2) is 24.4 Å². The van der Waals surface area contributed by atoms with Crippen LogP contribution in [-0.2, 0) is 4.74 Å². The van der Waals surface area contributed by atoms with Crippen LogP contribution in [0.3, 0.4) is 0 Å². The van der Waals surface area contributed by atoms with E-state index in [2.05, 4.69) is 13.8 Å². The molecule has 0 aromatic carbocycles. The Labute approximate surface area is 120 Å². The highest BCUT2D eigenvalue weighted by Crippen LogP contribution is 2.16. The van der Waals surface area contributed by atoms with Gasteiger partial charge < -0.3 is 9.84 Å². The number of rotatable bonds is 14. The van der Waals surface area contributed by atoms with Gasteiger partial charge in [0.05, 0.1) is 12.2 Å². The summed E-state index contributed by atoms with van der Waals surface area (Å²) in [6, 6.07) is 0. The fourth-order valence-corrected chi connectivity index (χ4v) is 2.56. The molecular weight excluding hydrogens is 236 g/mol. The molecule has 2 unspecified atom stereocenters. The number of methoxy groups -OCH3 is 1. The number of ether oxygens (including phenoxy) is 1. The Morgan fingerprint density at radius 3 is 1.68 bits per heavy atom. The van der Waals surface area contributed by atoms with Gasteiger partial charge in [0.25, 0.3) is 0 Å². The Morgan fingerprint density at radius 1 is 0.737 bits per heavy atom. The first-order chi connectivity index (χ1) is 9.26. The second kappa shape index (κ2) is 14.3. The smallest absolute Gasteiger partial charge is 0.0830 e. The molecule has 0 aromatic heterocycles. The van der Waals surface area contributed by atoms with Gasteiger partial charge in [0.2, 0.25) is 0 Å². The first kappa shape index (κ1) is 18.9. The standard InChI is InChI=1S/C17H36O2/c1-4-6-8-10-12-14-16(18)17(19-3)15-13-11-9-7-5-2/h16-18H,4-15H2,1-3H3. The van der Waals surface area contributed by atoms with Gasteiger partial charge in [-0.15, -0.1) is 0 Å². The molecule has 0 fully saturated rings. The van der Waals surface area contributed by atoms with Crippen molar-refractivity contribution in [2.75, 3.05) is 7.11 Å². The fourth-order valence-electron chi connectivity index (χ4n) is 2.56. The molecule has 116 valence electrons. The van der Waals surface area contributed by atoms with E-state index in [0.29, 0.717) is 0 Å². The summed E-state index contributed by atoms with van der Waals surface area (Å²) in [5.74, 6) is 0. The Bertz CT molecular complexity index is 171. The van der Waals surface area contributed by atoms with Crippen molar-refractivity contribution in [1.82, 2.24) is 0 Å². The zero-order valence-electron chi connectivity index (χ0n) is 13.5. The van der Waals surface area contributed by atoms with E-state index >= 15 is 0 Å². The Kier molecular flexibility index (Phi) is 14.3. The van der Waals surface area contributed by atoms with Crippen LogP contribution < -0.4 is 0 Å². The monoisotopic (exact) mass is 272 g/mol. The molecule has 2 atom stereocenters. The van der Waals surface area contributed by atoms with Gasteiger partial charge in [-0.1, -0.05) is 78.1 Å². The zero-order valence-corrected chi connectivity index (χ0v) is 13.5. The molecule has 0 aliphatic carbocycles. The normalized spacial score (nSPS) is 14.5. The number of unbranched alkanes of at least 4 members (excludes halogenated alkanes) is 8. The predicted octanol–water partition coefficient (Wildman–Crippen LogP) is 5.08. The van der Waals surface area contributed by atoms with Crippen LogP contribution in [0.25, 0.3) is 0 Å². The van der Waals surface area contributed by atoms with Crippen molar-refractivity contribution in [2.24, 2.45) is 0 Å². The maximum atomic E-state index is 10.1. The van der Waals surface area contributed by atoms with Gasteiger partial charge in [0, 0.05) is 7.11 Å². The van der Waals surface area contributed by atoms with Crippen molar-refractivity contribution in [3.05, 3.63) is 0 Å². The summed E-state index contributed by atoms with van der Waals surface area (Å²) < 4.78 is 5.45. The number of aliphatic hydroxyl groups excluding tert-OH is 1. The highest BCUT2D eigenvalue weighted by atomic mass is 16.5. The van der Waals surface area contributed by atoms with Gasteiger partial charge in [0.1, 0.15) is 0 Å². The maximum Gasteiger partial charge on any atom is 0.0830 e. The summed E-state index contributed by atoms with van der Waals surface area (Å²) in [4.78, 5) is 0. The molecule has 0 amide bonds. The van der Waals surface area contributed by atoms with Crippen LogP contribution >= 0.6 is 0 Å². The molecule has 0 aliphatic heterocycles. The van der Waals surface area contributed by atoms with E-state index in [1.54, 1.807) is 7.11 Å². The van der Waals surface area contributed by atoms with E-state index in [1.165, 1.54) is 57.8 Å². The second-order valence-corrected chi connectivity index (χ2v) is 5.75. The van der Waals surface area contributed by atoms with E-state index < -0.39 is 0 Å². The van der Waals surface area contributed by atoms with E-state index in [1.807, 2.05) is 0 Å². The van der Waals surface area contributed by atoms with Gasteiger partial charge in [0.15, 0.2) is 0 Å². The third kappa shape index (κ3) is 11.4. The summed E-state index contributed by atoms with van der Waals surface area (Å²) >= 11 is 0.